The molecule has 2 aromatic rings. The molecule has 2 atom stereocenters. The number of hydrogen-bond acceptors (Lipinski definition) is 6. The van der Waals surface area contributed by atoms with E-state index < -0.39 is 6.10 Å². The molecule has 0 unspecified atom stereocenters. The largest absolute Gasteiger partial charge is 0.619 e. The third kappa shape index (κ3) is 5.28. The van der Waals surface area contributed by atoms with Crippen molar-refractivity contribution in [3.8, 4) is 11.5 Å². The van der Waals surface area contributed by atoms with Crippen molar-refractivity contribution in [2.45, 2.75) is 37.8 Å². The Morgan fingerprint density at radius 3 is 2.50 bits per heavy atom. The highest BCUT2D eigenvalue weighted by Crippen LogP contribution is 2.35. The van der Waals surface area contributed by atoms with Crippen molar-refractivity contribution >= 4 is 29.2 Å². The maximum Gasteiger partial charge on any atom is 0.323 e. The summed E-state index contributed by atoms with van der Waals surface area (Å²) in [5.41, 5.74) is 1.22. The van der Waals surface area contributed by atoms with E-state index in [2.05, 4.69) is 5.32 Å². The van der Waals surface area contributed by atoms with E-state index in [1.54, 1.807) is 25.3 Å². The number of ether oxygens (including phenoxy) is 3. The first-order valence-electron chi connectivity index (χ1n) is 9.65. The molecule has 2 heterocycles. The monoisotopic (exact) mass is 454 g/mol. The van der Waals surface area contributed by atoms with Crippen LogP contribution in [0.5, 0.6) is 11.5 Å². The van der Waals surface area contributed by atoms with Gasteiger partial charge in [0.1, 0.15) is 22.2 Å². The van der Waals surface area contributed by atoms with Gasteiger partial charge in [0.2, 0.25) is 0 Å². The zero-order chi connectivity index (χ0) is 21.7. The molecule has 0 radical (unpaired) electrons. The Morgan fingerprint density at radius 1 is 1.20 bits per heavy atom. The maximum absolute atomic E-state index is 12.8. The molecule has 3 rings (SSSR count). The average Bonchev–Trinajstić information content (AvgIpc) is 2.75. The second-order valence-corrected chi connectivity index (χ2v) is 7.85. The number of methoxy groups -OCH3 is 2. The van der Waals surface area contributed by atoms with Crippen molar-refractivity contribution in [1.29, 1.82) is 0 Å². The quantitative estimate of drug-likeness (QED) is 0.390. The summed E-state index contributed by atoms with van der Waals surface area (Å²) in [4.78, 5) is 12.8. The van der Waals surface area contributed by atoms with Crippen molar-refractivity contribution < 1.29 is 23.7 Å². The lowest BCUT2D eigenvalue weighted by Gasteiger charge is -2.26. The molecule has 1 aromatic heterocycles. The van der Waals surface area contributed by atoms with Gasteiger partial charge in [-0.25, -0.2) is 0 Å². The van der Waals surface area contributed by atoms with E-state index in [0.29, 0.717) is 27.4 Å². The fraction of sp³-hybridized carbons (Fsp3) is 0.429. The van der Waals surface area contributed by atoms with Gasteiger partial charge in [-0.1, -0.05) is 35.7 Å². The lowest BCUT2D eigenvalue weighted by atomic mass is 10.0. The first kappa shape index (κ1) is 22.5. The Labute approximate surface area is 185 Å². The summed E-state index contributed by atoms with van der Waals surface area (Å²) in [5.74, 6) is 0.731. The van der Waals surface area contributed by atoms with E-state index in [4.69, 9.17) is 37.4 Å². The molecule has 0 aliphatic carbocycles. The minimum Gasteiger partial charge on any atom is -0.619 e. The minimum atomic E-state index is -0.682. The van der Waals surface area contributed by atoms with Crippen LogP contribution in [0.1, 0.15) is 36.5 Å². The molecule has 1 N–H and O–H groups in total. The lowest BCUT2D eigenvalue weighted by Crippen LogP contribution is -2.42. The molecule has 0 bridgehead atoms. The van der Waals surface area contributed by atoms with Gasteiger partial charge in [-0.05, 0) is 37.1 Å². The van der Waals surface area contributed by atoms with Gasteiger partial charge in [0.05, 0.1) is 14.2 Å². The Bertz CT molecular complexity index is 880. The molecular formula is C21H24Cl2N2O5. The highest BCUT2D eigenvalue weighted by atomic mass is 35.5. The number of nitrogens with zero attached hydrogens (tertiary/aromatic N) is 1. The van der Waals surface area contributed by atoms with Crippen molar-refractivity contribution in [3.63, 3.8) is 0 Å². The van der Waals surface area contributed by atoms with E-state index in [1.165, 1.54) is 19.5 Å². The van der Waals surface area contributed by atoms with Gasteiger partial charge in [0.25, 0.3) is 0 Å². The topological polar surface area (TPSA) is 83.7 Å². The van der Waals surface area contributed by atoms with E-state index >= 15 is 0 Å². The highest BCUT2D eigenvalue weighted by molar-refractivity contribution is 6.35. The van der Waals surface area contributed by atoms with Crippen molar-refractivity contribution in [2.75, 3.05) is 20.8 Å². The highest BCUT2D eigenvalue weighted by Gasteiger charge is 2.28. The van der Waals surface area contributed by atoms with E-state index in [1.807, 2.05) is 0 Å². The molecule has 1 aliphatic rings. The number of pyridine rings is 1. The van der Waals surface area contributed by atoms with Crippen LogP contribution in [-0.2, 0) is 16.0 Å². The summed E-state index contributed by atoms with van der Waals surface area (Å²) >= 11 is 12.5. The Hall–Kier alpha value is -2.22. The molecule has 9 heteroatoms. The van der Waals surface area contributed by atoms with Gasteiger partial charge < -0.3 is 24.7 Å². The summed E-state index contributed by atoms with van der Waals surface area (Å²) in [6.07, 6.45) is 4.68. The number of carbonyl (C=O) groups excluding carboxylic acids is 1. The van der Waals surface area contributed by atoms with Gasteiger partial charge in [-0.2, -0.15) is 4.73 Å². The van der Waals surface area contributed by atoms with Crippen molar-refractivity contribution in [1.82, 2.24) is 5.32 Å². The number of carbonyl (C=O) groups is 1. The summed E-state index contributed by atoms with van der Waals surface area (Å²) in [5, 5.41) is 15.2. The number of rotatable bonds is 7. The molecule has 1 aliphatic heterocycles. The van der Waals surface area contributed by atoms with Crippen LogP contribution < -0.4 is 19.5 Å². The second-order valence-electron chi connectivity index (χ2n) is 7.04. The summed E-state index contributed by atoms with van der Waals surface area (Å²) in [7, 11) is 3.08. The molecule has 1 saturated heterocycles. The molecule has 0 amide bonds. The molecular weight excluding hydrogens is 431 g/mol. The number of halogens is 2. The number of piperidine rings is 1. The van der Waals surface area contributed by atoms with Crippen LogP contribution in [0, 0.1) is 5.21 Å². The van der Waals surface area contributed by atoms with Crippen LogP contribution in [0.4, 0.5) is 0 Å². The molecule has 0 spiro atoms. The molecule has 7 nitrogen and oxygen atoms in total. The van der Waals surface area contributed by atoms with Crippen molar-refractivity contribution in [2.24, 2.45) is 0 Å². The standard InChI is InChI=1S/C21H24Cl2N2O5/c1-28-18-7-6-13(9-20(18)29-2)19(30-21(26)17-5-3-4-8-24-17)10-14-15(22)11-25(27)12-16(14)23/h6-7,9,11-12,17,19,24H,3-5,8,10H2,1-2H3/t17-,19-/m0/s1. The number of aromatic nitrogens is 1. The van der Waals surface area contributed by atoms with Crippen LogP contribution in [-0.4, -0.2) is 32.8 Å². The molecule has 30 heavy (non-hydrogen) atoms. The first-order chi connectivity index (χ1) is 14.4. The van der Waals surface area contributed by atoms with Crippen LogP contribution in [0.25, 0.3) is 0 Å². The fourth-order valence-electron chi connectivity index (χ4n) is 3.47. The first-order valence-corrected chi connectivity index (χ1v) is 10.4. The molecule has 1 aromatic carbocycles. The Kier molecular flexibility index (Phi) is 7.64. The second kappa shape index (κ2) is 10.2. The smallest absolute Gasteiger partial charge is 0.323 e. The molecule has 162 valence electrons. The van der Waals surface area contributed by atoms with E-state index in [-0.39, 0.29) is 28.5 Å². The zero-order valence-electron chi connectivity index (χ0n) is 16.8. The normalized spacial score (nSPS) is 17.3. The summed E-state index contributed by atoms with van der Waals surface area (Å²) in [6, 6.07) is 4.94. The minimum absolute atomic E-state index is 0.201. The average molecular weight is 455 g/mol. The lowest BCUT2D eigenvalue weighted by molar-refractivity contribution is -0.605. The number of esters is 1. The van der Waals surface area contributed by atoms with E-state index in [0.717, 1.165) is 25.8 Å². The third-order valence-corrected chi connectivity index (χ3v) is 5.73. The Balaban J connectivity index is 1.93. The number of nitrogens with one attached hydrogen (secondary N) is 1. The predicted octanol–water partition coefficient (Wildman–Crippen LogP) is 3.61. The van der Waals surface area contributed by atoms with Crippen molar-refractivity contribution in [3.05, 3.63) is 57.0 Å². The predicted molar refractivity (Wildman–Crippen MR) is 113 cm³/mol. The van der Waals surface area contributed by atoms with Gasteiger partial charge in [-0.3, -0.25) is 4.79 Å². The zero-order valence-corrected chi connectivity index (χ0v) is 18.3. The molecule has 0 saturated carbocycles. The van der Waals surface area contributed by atoms with Gasteiger partial charge >= 0.3 is 5.97 Å². The van der Waals surface area contributed by atoms with Crippen LogP contribution >= 0.6 is 23.2 Å². The van der Waals surface area contributed by atoms with Crippen LogP contribution in [0.15, 0.2) is 30.6 Å². The van der Waals surface area contributed by atoms with E-state index in [9.17, 15) is 10.0 Å². The van der Waals surface area contributed by atoms with Gasteiger partial charge in [0, 0.05) is 12.0 Å². The SMILES string of the molecule is COc1ccc([C@H](Cc2c(Cl)c[n+]([O-])cc2Cl)OC(=O)[C@@H]2CCCCN2)cc1OC. The van der Waals surface area contributed by atoms with Crippen LogP contribution in [0.3, 0.4) is 0 Å². The van der Waals surface area contributed by atoms with Gasteiger partial charge in [-0.15, -0.1) is 0 Å². The van der Waals surface area contributed by atoms with Gasteiger partial charge in [0.15, 0.2) is 23.9 Å². The summed E-state index contributed by atoms with van der Waals surface area (Å²) < 4.78 is 17.1. The molecule has 1 fully saturated rings. The fourth-order valence-corrected chi connectivity index (χ4v) is 4.07. The number of benzene rings is 1. The third-order valence-electron chi connectivity index (χ3n) is 5.08. The Morgan fingerprint density at radius 2 is 1.90 bits per heavy atom. The van der Waals surface area contributed by atoms with Crippen LogP contribution in [0.2, 0.25) is 10.0 Å². The summed E-state index contributed by atoms with van der Waals surface area (Å²) in [6.45, 7) is 0.778. The maximum atomic E-state index is 12.8. The number of hydrogen-bond donors (Lipinski definition) is 1.